The van der Waals surface area contributed by atoms with Crippen LogP contribution in [0.3, 0.4) is 0 Å². The number of carbonyl (C=O) groups is 2. The summed E-state index contributed by atoms with van der Waals surface area (Å²) < 4.78 is 21.7. The van der Waals surface area contributed by atoms with E-state index in [0.717, 1.165) is 0 Å². The Morgan fingerprint density at radius 2 is 1.80 bits per heavy atom. The average molecular weight is 475 g/mol. The Morgan fingerprint density at radius 1 is 1.14 bits per heavy atom. The molecule has 0 radical (unpaired) electrons. The van der Waals surface area contributed by atoms with Gasteiger partial charge in [-0.05, 0) is 80.8 Å². The van der Waals surface area contributed by atoms with Crippen molar-refractivity contribution < 1.29 is 18.7 Å². The van der Waals surface area contributed by atoms with Crippen LogP contribution < -0.4 is 15.6 Å². The van der Waals surface area contributed by atoms with E-state index in [-0.39, 0.29) is 29.5 Å². The molecule has 3 aromatic rings. The SMILES string of the molecule is C=CC(=O)Nc1ccc(Oc2c(C)cc(F)cc2C)c(-c2cn(C)c(=O)c3c2C(C)(C)C(=O)C3)c1. The first-order chi connectivity index (χ1) is 16.4. The number of aromatic nitrogens is 1. The molecule has 7 heteroatoms. The van der Waals surface area contributed by atoms with Gasteiger partial charge < -0.3 is 14.6 Å². The van der Waals surface area contributed by atoms with Gasteiger partial charge in [0.2, 0.25) is 5.91 Å². The van der Waals surface area contributed by atoms with Gasteiger partial charge in [-0.15, -0.1) is 0 Å². The molecule has 2 aromatic carbocycles. The van der Waals surface area contributed by atoms with Crippen LogP contribution >= 0.6 is 0 Å². The maximum atomic E-state index is 13.9. The van der Waals surface area contributed by atoms with Gasteiger partial charge in [0.25, 0.3) is 5.56 Å². The lowest BCUT2D eigenvalue weighted by Crippen LogP contribution is -2.26. The summed E-state index contributed by atoms with van der Waals surface area (Å²) in [7, 11) is 1.64. The number of aryl methyl sites for hydroxylation is 3. The third-order valence-electron chi connectivity index (χ3n) is 6.49. The molecule has 6 nitrogen and oxygen atoms in total. The maximum Gasteiger partial charge on any atom is 0.254 e. The van der Waals surface area contributed by atoms with Gasteiger partial charge in [-0.1, -0.05) is 6.58 Å². The van der Waals surface area contributed by atoms with Crippen molar-refractivity contribution in [1.82, 2.24) is 4.57 Å². The van der Waals surface area contributed by atoms with Crippen LogP contribution in [-0.2, 0) is 28.5 Å². The summed E-state index contributed by atoms with van der Waals surface area (Å²) in [6.45, 7) is 10.6. The van der Waals surface area contributed by atoms with Gasteiger partial charge in [0.1, 0.15) is 23.1 Å². The number of nitrogens with one attached hydrogen (secondary N) is 1. The summed E-state index contributed by atoms with van der Waals surface area (Å²) >= 11 is 0. The first-order valence-corrected chi connectivity index (χ1v) is 11.2. The molecular weight excluding hydrogens is 447 g/mol. The molecule has 1 aliphatic carbocycles. The first-order valence-electron chi connectivity index (χ1n) is 11.2. The zero-order valence-electron chi connectivity index (χ0n) is 20.4. The fourth-order valence-electron chi connectivity index (χ4n) is 4.67. The fourth-order valence-corrected chi connectivity index (χ4v) is 4.67. The minimum Gasteiger partial charge on any atom is -0.456 e. The van der Waals surface area contributed by atoms with Gasteiger partial charge >= 0.3 is 0 Å². The fraction of sp³-hybridized carbons (Fsp3) is 0.250. The Labute approximate surface area is 203 Å². The largest absolute Gasteiger partial charge is 0.456 e. The Balaban J connectivity index is 1.99. The predicted molar refractivity (Wildman–Crippen MR) is 134 cm³/mol. The Hall–Kier alpha value is -4.00. The first kappa shape index (κ1) is 24.1. The van der Waals surface area contributed by atoms with Crippen molar-refractivity contribution >= 4 is 17.4 Å². The second-order valence-electron chi connectivity index (χ2n) is 9.41. The molecule has 0 saturated heterocycles. The van der Waals surface area contributed by atoms with Crippen LogP contribution in [0.5, 0.6) is 11.5 Å². The van der Waals surface area contributed by atoms with Crippen molar-refractivity contribution in [1.29, 1.82) is 0 Å². The number of halogens is 1. The van der Waals surface area contributed by atoms with Crippen LogP contribution in [0, 0.1) is 19.7 Å². The average Bonchev–Trinajstić information content (AvgIpc) is 3.03. The summed E-state index contributed by atoms with van der Waals surface area (Å²) in [5.74, 6) is 0.172. The van der Waals surface area contributed by atoms with Gasteiger partial charge in [0, 0.05) is 47.5 Å². The van der Waals surface area contributed by atoms with Crippen molar-refractivity contribution in [3.05, 3.63) is 87.6 Å². The van der Waals surface area contributed by atoms with E-state index in [1.54, 1.807) is 45.3 Å². The number of benzene rings is 2. The smallest absolute Gasteiger partial charge is 0.254 e. The number of fused-ring (bicyclic) bond motifs is 1. The van der Waals surface area contributed by atoms with E-state index >= 15 is 0 Å². The molecule has 1 aromatic heterocycles. The molecule has 0 unspecified atom stereocenters. The number of amides is 1. The van der Waals surface area contributed by atoms with Gasteiger partial charge in [0.05, 0.1) is 0 Å². The molecule has 35 heavy (non-hydrogen) atoms. The molecule has 1 aliphatic rings. The lowest BCUT2D eigenvalue weighted by Gasteiger charge is -2.24. The third kappa shape index (κ3) is 4.18. The van der Waals surface area contributed by atoms with Crippen molar-refractivity contribution in [3.8, 4) is 22.6 Å². The van der Waals surface area contributed by atoms with Crippen molar-refractivity contribution in [2.45, 2.75) is 39.5 Å². The monoisotopic (exact) mass is 474 g/mol. The molecule has 1 heterocycles. The predicted octanol–water partition coefficient (Wildman–Crippen LogP) is 5.13. The highest BCUT2D eigenvalue weighted by Crippen LogP contribution is 2.45. The molecule has 180 valence electrons. The van der Waals surface area contributed by atoms with Crippen LogP contribution in [-0.4, -0.2) is 16.3 Å². The van der Waals surface area contributed by atoms with E-state index in [2.05, 4.69) is 11.9 Å². The van der Waals surface area contributed by atoms with Gasteiger partial charge in [-0.25, -0.2) is 4.39 Å². The lowest BCUT2D eigenvalue weighted by molar-refractivity contribution is -0.121. The van der Waals surface area contributed by atoms with Crippen molar-refractivity contribution in [2.24, 2.45) is 7.05 Å². The highest BCUT2D eigenvalue weighted by atomic mass is 19.1. The van der Waals surface area contributed by atoms with E-state index in [9.17, 15) is 18.8 Å². The van der Waals surface area contributed by atoms with E-state index in [1.807, 2.05) is 13.8 Å². The summed E-state index contributed by atoms with van der Waals surface area (Å²) in [5, 5.41) is 2.75. The molecule has 0 fully saturated rings. The molecule has 0 atom stereocenters. The van der Waals surface area contributed by atoms with Crippen LogP contribution in [0.15, 0.2) is 54.0 Å². The summed E-state index contributed by atoms with van der Waals surface area (Å²) in [4.78, 5) is 37.7. The standard InChI is InChI=1S/C28H27FN2O4/c1-7-24(33)30-18-8-9-22(35-26-15(2)10-17(29)11-16(26)3)19(12-18)21-14-31(6)27(34)20-13-23(32)28(4,5)25(20)21/h7-12,14H,1,13H2,2-6H3,(H,30,33). The molecule has 1 amide bonds. The van der Waals surface area contributed by atoms with Crippen LogP contribution in [0.4, 0.5) is 10.1 Å². The molecule has 0 saturated carbocycles. The van der Waals surface area contributed by atoms with Crippen LogP contribution in [0.2, 0.25) is 0 Å². The highest BCUT2D eigenvalue weighted by Gasteiger charge is 2.42. The number of nitrogens with zero attached hydrogens (tertiary/aromatic N) is 1. The van der Waals surface area contributed by atoms with Crippen molar-refractivity contribution in [2.75, 3.05) is 5.32 Å². The number of ketones is 1. The molecule has 0 aliphatic heterocycles. The summed E-state index contributed by atoms with van der Waals surface area (Å²) in [6.07, 6.45) is 2.91. The molecule has 0 spiro atoms. The van der Waals surface area contributed by atoms with Crippen LogP contribution in [0.25, 0.3) is 11.1 Å². The topological polar surface area (TPSA) is 77.4 Å². The second-order valence-corrected chi connectivity index (χ2v) is 9.41. The number of anilines is 1. The number of hydrogen-bond acceptors (Lipinski definition) is 4. The van der Waals surface area contributed by atoms with Crippen LogP contribution in [0.1, 0.15) is 36.1 Å². The number of carbonyl (C=O) groups excluding carboxylic acids is 2. The number of hydrogen-bond donors (Lipinski definition) is 1. The minimum atomic E-state index is -0.878. The van der Waals surface area contributed by atoms with Gasteiger partial charge in [-0.3, -0.25) is 14.4 Å². The molecular formula is C28H27FN2O4. The summed E-state index contributed by atoms with van der Waals surface area (Å²) in [5.41, 5.74) is 3.00. The third-order valence-corrected chi connectivity index (χ3v) is 6.49. The maximum absolute atomic E-state index is 13.9. The normalized spacial score (nSPS) is 13.9. The minimum absolute atomic E-state index is 0.0409. The Kier molecular flexibility index (Phi) is 5.97. The number of Topliss-reactive ketones (excluding diaryl/α,β-unsaturated/α-hetero) is 1. The number of ether oxygens (including phenoxy) is 1. The zero-order valence-corrected chi connectivity index (χ0v) is 20.4. The Morgan fingerprint density at radius 3 is 2.43 bits per heavy atom. The molecule has 0 bridgehead atoms. The quantitative estimate of drug-likeness (QED) is 0.520. The van der Waals surface area contributed by atoms with E-state index in [4.69, 9.17) is 4.74 Å². The lowest BCUT2D eigenvalue weighted by atomic mass is 9.81. The second kappa shape index (κ2) is 8.65. The molecule has 1 N–H and O–H groups in total. The zero-order chi connectivity index (χ0) is 25.7. The van der Waals surface area contributed by atoms with Gasteiger partial charge in [-0.2, -0.15) is 0 Å². The van der Waals surface area contributed by atoms with E-state index in [0.29, 0.717) is 50.6 Å². The Bertz CT molecular complexity index is 1440. The van der Waals surface area contributed by atoms with E-state index < -0.39 is 5.41 Å². The number of rotatable bonds is 5. The summed E-state index contributed by atoms with van der Waals surface area (Å²) in [6, 6.07) is 7.92. The van der Waals surface area contributed by atoms with E-state index in [1.165, 1.54) is 22.8 Å². The highest BCUT2D eigenvalue weighted by molar-refractivity contribution is 6.01. The molecule has 4 rings (SSSR count). The number of pyridine rings is 1. The van der Waals surface area contributed by atoms with Gasteiger partial charge in [0.15, 0.2) is 0 Å². The van der Waals surface area contributed by atoms with Crippen molar-refractivity contribution in [3.63, 3.8) is 0 Å².